The summed E-state index contributed by atoms with van der Waals surface area (Å²) in [6.45, 7) is 3.76. The predicted octanol–water partition coefficient (Wildman–Crippen LogP) is 5.43. The van der Waals surface area contributed by atoms with Crippen molar-refractivity contribution in [2.75, 3.05) is 6.61 Å². The lowest BCUT2D eigenvalue weighted by atomic mass is 10.2. The molecule has 0 aliphatic rings. The quantitative estimate of drug-likeness (QED) is 0.278. The van der Waals surface area contributed by atoms with Crippen LogP contribution in [0, 0.1) is 17.0 Å². The van der Waals surface area contributed by atoms with Gasteiger partial charge in [-0.15, -0.1) is 10.2 Å². The van der Waals surface area contributed by atoms with Crippen LogP contribution in [0.25, 0.3) is 10.9 Å². The first kappa shape index (κ1) is 21.4. The van der Waals surface area contributed by atoms with Crippen molar-refractivity contribution in [3.63, 3.8) is 0 Å². The lowest BCUT2D eigenvalue weighted by molar-refractivity contribution is -0.385. The van der Waals surface area contributed by atoms with Crippen LogP contribution in [-0.4, -0.2) is 27.1 Å². The molecular weight excluding hydrogens is 456 g/mol. The molecule has 10 heteroatoms. The Morgan fingerprint density at radius 1 is 1.30 bits per heavy atom. The number of carbonyl (C=O) groups excluding carboxylic acids is 1. The zero-order valence-corrected chi connectivity index (χ0v) is 17.9. The minimum absolute atomic E-state index is 0.0273. The van der Waals surface area contributed by atoms with Crippen LogP contribution in [0.3, 0.4) is 0 Å². The Morgan fingerprint density at radius 3 is 2.77 bits per heavy atom. The summed E-state index contributed by atoms with van der Waals surface area (Å²) in [5, 5.41) is 29.9. The van der Waals surface area contributed by atoms with E-state index in [9.17, 15) is 20.0 Å². The van der Waals surface area contributed by atoms with Crippen LogP contribution in [0.5, 0.6) is 11.6 Å². The summed E-state index contributed by atoms with van der Waals surface area (Å²) in [5.74, 6) is -0.854. The van der Waals surface area contributed by atoms with E-state index in [2.05, 4.69) is 26.2 Å². The molecule has 0 spiro atoms. The van der Waals surface area contributed by atoms with Crippen molar-refractivity contribution < 1.29 is 19.6 Å². The second kappa shape index (κ2) is 9.04. The molecule has 30 heavy (non-hydrogen) atoms. The van der Waals surface area contributed by atoms with Gasteiger partial charge in [0.1, 0.15) is 0 Å². The highest BCUT2D eigenvalue weighted by Gasteiger charge is 2.18. The summed E-state index contributed by atoms with van der Waals surface area (Å²) in [7, 11) is 0. The van der Waals surface area contributed by atoms with Crippen LogP contribution in [0.4, 0.5) is 11.4 Å². The second-order valence-corrected chi connectivity index (χ2v) is 7.51. The summed E-state index contributed by atoms with van der Waals surface area (Å²) < 4.78 is 7.76. The van der Waals surface area contributed by atoms with Gasteiger partial charge in [-0.25, -0.2) is 0 Å². The number of aromatic hydroxyl groups is 1. The summed E-state index contributed by atoms with van der Waals surface area (Å²) >= 11 is 3.39. The van der Waals surface area contributed by atoms with Crippen LogP contribution in [0.1, 0.15) is 18.9 Å². The molecule has 1 aromatic heterocycles. The van der Waals surface area contributed by atoms with Crippen LogP contribution in [0.2, 0.25) is 0 Å². The topological polar surface area (TPSA) is 119 Å². The Hall–Kier alpha value is -3.27. The fourth-order valence-electron chi connectivity index (χ4n) is 3.01. The average Bonchev–Trinajstić information content (AvgIpc) is 2.96. The Kier molecular flexibility index (Phi) is 6.46. The molecule has 1 amide bonds. The van der Waals surface area contributed by atoms with E-state index >= 15 is 0 Å². The zero-order chi connectivity index (χ0) is 21.8. The number of benzene rings is 2. The van der Waals surface area contributed by atoms with Gasteiger partial charge in [0.15, 0.2) is 18.0 Å². The normalized spacial score (nSPS) is 11.3. The Labute approximate surface area is 180 Å². The van der Waals surface area contributed by atoms with Crippen LogP contribution in [0.15, 0.2) is 51.1 Å². The third-order valence-corrected chi connectivity index (χ3v) is 4.84. The smallest absolute Gasteiger partial charge is 0.311 e. The maximum Gasteiger partial charge on any atom is 0.311 e. The van der Waals surface area contributed by atoms with Crippen molar-refractivity contribution in [3.05, 3.63) is 56.5 Å². The van der Waals surface area contributed by atoms with Gasteiger partial charge in [-0.2, -0.15) is 0 Å². The Balaban J connectivity index is 1.82. The fraction of sp³-hybridized carbons (Fsp3) is 0.250. The largest absolute Gasteiger partial charge is 0.493 e. The molecular formula is C20H19BrN4O5. The van der Waals surface area contributed by atoms with Gasteiger partial charge in [0, 0.05) is 22.5 Å². The Morgan fingerprint density at radius 2 is 2.07 bits per heavy atom. The first-order valence-corrected chi connectivity index (χ1v) is 9.94. The molecule has 2 aromatic carbocycles. The van der Waals surface area contributed by atoms with Gasteiger partial charge in [-0.1, -0.05) is 28.9 Å². The molecule has 0 saturated heterocycles. The lowest BCUT2D eigenvalue weighted by Gasteiger charge is -2.05. The molecule has 0 bridgehead atoms. The van der Waals surface area contributed by atoms with Crippen molar-refractivity contribution in [1.29, 1.82) is 0 Å². The summed E-state index contributed by atoms with van der Waals surface area (Å²) in [6.07, 6.45) is 0.798. The van der Waals surface area contributed by atoms with E-state index in [0.717, 1.165) is 16.4 Å². The number of hydrogen-bond acceptors (Lipinski definition) is 6. The fourth-order valence-corrected chi connectivity index (χ4v) is 3.37. The van der Waals surface area contributed by atoms with Gasteiger partial charge in [0.25, 0.3) is 0 Å². The second-order valence-electron chi connectivity index (χ2n) is 6.60. The highest BCUT2D eigenvalue weighted by molar-refractivity contribution is 9.10. The van der Waals surface area contributed by atoms with Crippen molar-refractivity contribution >= 4 is 44.1 Å². The van der Waals surface area contributed by atoms with E-state index in [1.807, 2.05) is 19.1 Å². The molecule has 0 atom stereocenters. The molecule has 0 radical (unpaired) electrons. The summed E-state index contributed by atoms with van der Waals surface area (Å²) in [4.78, 5) is 22.7. The number of aryl methyl sites for hydroxylation is 2. The van der Waals surface area contributed by atoms with Crippen molar-refractivity contribution in [2.24, 2.45) is 10.2 Å². The predicted molar refractivity (Wildman–Crippen MR) is 114 cm³/mol. The van der Waals surface area contributed by atoms with E-state index < -0.39 is 17.4 Å². The number of nitro groups is 1. The molecule has 0 saturated carbocycles. The number of nitrogens with zero attached hydrogens (tertiary/aromatic N) is 4. The van der Waals surface area contributed by atoms with Crippen LogP contribution < -0.4 is 4.74 Å². The van der Waals surface area contributed by atoms with Crippen molar-refractivity contribution in [3.8, 4) is 11.6 Å². The number of ether oxygens (including phenoxy) is 1. The number of fused-ring (bicyclic) bond motifs is 1. The van der Waals surface area contributed by atoms with Gasteiger partial charge in [0.05, 0.1) is 10.4 Å². The van der Waals surface area contributed by atoms with Gasteiger partial charge >= 0.3 is 11.6 Å². The van der Waals surface area contributed by atoms with E-state index in [-0.39, 0.29) is 23.0 Å². The third-order valence-electron chi connectivity index (χ3n) is 4.34. The number of amides is 1. The lowest BCUT2D eigenvalue weighted by Crippen LogP contribution is -2.09. The number of carbonyl (C=O) groups is 1. The molecule has 0 fully saturated rings. The van der Waals surface area contributed by atoms with Gasteiger partial charge in [-0.3, -0.25) is 14.9 Å². The summed E-state index contributed by atoms with van der Waals surface area (Å²) in [6, 6.07) is 9.91. The maximum atomic E-state index is 12.1. The molecule has 1 heterocycles. The number of aromatic nitrogens is 1. The molecule has 3 rings (SSSR count). The first-order valence-electron chi connectivity index (χ1n) is 9.15. The van der Waals surface area contributed by atoms with E-state index in [1.165, 1.54) is 12.1 Å². The zero-order valence-electron chi connectivity index (χ0n) is 16.3. The van der Waals surface area contributed by atoms with Crippen LogP contribution >= 0.6 is 15.9 Å². The number of azo groups is 1. The van der Waals surface area contributed by atoms with Crippen LogP contribution in [-0.2, 0) is 11.3 Å². The number of rotatable bonds is 7. The monoisotopic (exact) mass is 474 g/mol. The molecule has 1 N–H and O–H groups in total. The molecule has 0 unspecified atom stereocenters. The number of hydrogen-bond donors (Lipinski definition) is 1. The molecule has 0 aliphatic heterocycles. The molecule has 156 valence electrons. The molecule has 3 aromatic rings. The maximum absolute atomic E-state index is 12.1. The minimum atomic E-state index is -0.740. The highest BCUT2D eigenvalue weighted by Crippen LogP contribution is 2.40. The van der Waals surface area contributed by atoms with E-state index in [0.29, 0.717) is 17.5 Å². The van der Waals surface area contributed by atoms with E-state index in [4.69, 9.17) is 4.74 Å². The van der Waals surface area contributed by atoms with Crippen molar-refractivity contribution in [1.82, 2.24) is 4.57 Å². The minimum Gasteiger partial charge on any atom is -0.493 e. The molecule has 9 nitrogen and oxygen atoms in total. The number of nitro benzene ring substituents is 1. The Bertz CT molecular complexity index is 1160. The molecule has 0 aliphatic carbocycles. The van der Waals surface area contributed by atoms with E-state index in [1.54, 1.807) is 23.6 Å². The highest BCUT2D eigenvalue weighted by atomic mass is 79.9. The third kappa shape index (κ3) is 4.48. The van der Waals surface area contributed by atoms with Gasteiger partial charge in [-0.05, 0) is 43.2 Å². The summed E-state index contributed by atoms with van der Waals surface area (Å²) in [5.41, 5.74) is 1.41. The average molecular weight is 475 g/mol. The van der Waals surface area contributed by atoms with Gasteiger partial charge < -0.3 is 14.4 Å². The van der Waals surface area contributed by atoms with Gasteiger partial charge in [0.2, 0.25) is 5.88 Å². The first-order chi connectivity index (χ1) is 14.3. The SMILES string of the molecule is CCCn1c(O)c(N=NC(=O)COc2ccc(C)cc2[N+](=O)[O-])c2cc(Br)ccc21. The van der Waals surface area contributed by atoms with Crippen molar-refractivity contribution in [2.45, 2.75) is 26.8 Å². The number of halogens is 1. The standard InChI is InChI=1S/C20H19BrN4O5/c1-3-8-24-15-6-5-13(21)10-14(15)19(20(24)27)23-22-18(26)11-30-17-7-4-12(2)9-16(17)25(28)29/h4-7,9-10,27H,3,8,11H2,1-2H3.